The quantitative estimate of drug-likeness (QED) is 0.540. The van der Waals surface area contributed by atoms with Crippen LogP contribution in [0.5, 0.6) is 0 Å². The Hall–Kier alpha value is -2.99. The van der Waals surface area contributed by atoms with Gasteiger partial charge in [-0.05, 0) is 32.0 Å². The highest BCUT2D eigenvalue weighted by molar-refractivity contribution is 7.90. The van der Waals surface area contributed by atoms with Crippen molar-refractivity contribution in [3.05, 3.63) is 72.1 Å². The van der Waals surface area contributed by atoms with Gasteiger partial charge in [0.15, 0.2) is 9.84 Å². The van der Waals surface area contributed by atoms with Gasteiger partial charge in [0.1, 0.15) is 0 Å². The van der Waals surface area contributed by atoms with Crippen molar-refractivity contribution in [2.75, 3.05) is 6.26 Å². The number of fused-ring (bicyclic) bond motifs is 1. The molecule has 0 radical (unpaired) electrons. The average molecular weight is 377 g/mol. The van der Waals surface area contributed by atoms with Gasteiger partial charge in [0.05, 0.1) is 16.3 Å². The number of nitrogens with zero attached hydrogens (tertiary/aromatic N) is 3. The molecule has 0 aliphatic heterocycles. The van der Waals surface area contributed by atoms with E-state index in [-0.39, 0.29) is 0 Å². The van der Waals surface area contributed by atoms with Crippen molar-refractivity contribution in [3.8, 4) is 22.5 Å². The molecule has 0 atom stereocenters. The number of sulfone groups is 1. The summed E-state index contributed by atoms with van der Waals surface area (Å²) in [5.41, 5.74) is 5.56. The highest BCUT2D eigenvalue weighted by Crippen LogP contribution is 2.33. The Morgan fingerprint density at radius 2 is 1.52 bits per heavy atom. The van der Waals surface area contributed by atoms with E-state index in [9.17, 15) is 8.42 Å². The molecule has 0 N–H and O–H groups in total. The lowest BCUT2D eigenvalue weighted by Gasteiger charge is -2.08. The van der Waals surface area contributed by atoms with Crippen LogP contribution in [0.3, 0.4) is 0 Å². The molecule has 0 fully saturated rings. The molecule has 4 aromatic rings. The Balaban J connectivity index is 2.02. The minimum atomic E-state index is -3.24. The second-order valence-corrected chi connectivity index (χ2v) is 8.66. The van der Waals surface area contributed by atoms with Crippen molar-refractivity contribution in [2.24, 2.45) is 0 Å². The lowest BCUT2D eigenvalue weighted by atomic mass is 10.0. The first kappa shape index (κ1) is 17.4. The second-order valence-electron chi connectivity index (χ2n) is 6.65. The van der Waals surface area contributed by atoms with Crippen LogP contribution in [0.25, 0.3) is 28.3 Å². The van der Waals surface area contributed by atoms with Gasteiger partial charge in [0, 0.05) is 28.8 Å². The van der Waals surface area contributed by atoms with Crippen LogP contribution in [-0.2, 0) is 9.84 Å². The Kier molecular flexibility index (Phi) is 4.08. The topological polar surface area (TPSA) is 64.3 Å². The Labute approximate surface area is 158 Å². The van der Waals surface area contributed by atoms with E-state index in [1.807, 2.05) is 54.6 Å². The van der Waals surface area contributed by atoms with Gasteiger partial charge < -0.3 is 0 Å². The van der Waals surface area contributed by atoms with Crippen molar-refractivity contribution in [1.29, 1.82) is 0 Å². The molecule has 0 aliphatic carbocycles. The first-order valence-electron chi connectivity index (χ1n) is 8.57. The molecule has 0 bridgehead atoms. The van der Waals surface area contributed by atoms with Crippen LogP contribution < -0.4 is 0 Å². The first-order chi connectivity index (χ1) is 12.8. The third-order valence-corrected chi connectivity index (χ3v) is 5.64. The van der Waals surface area contributed by atoms with Crippen molar-refractivity contribution in [3.63, 3.8) is 0 Å². The van der Waals surface area contributed by atoms with Crippen molar-refractivity contribution in [2.45, 2.75) is 18.7 Å². The van der Waals surface area contributed by atoms with Crippen LogP contribution in [0.2, 0.25) is 0 Å². The summed E-state index contributed by atoms with van der Waals surface area (Å²) in [6.07, 6.45) is 1.21. The molecule has 0 saturated carbocycles. The molecule has 0 amide bonds. The van der Waals surface area contributed by atoms with Crippen molar-refractivity contribution in [1.82, 2.24) is 14.4 Å². The molecular weight excluding hydrogens is 358 g/mol. The Bertz CT molecular complexity index is 1240. The maximum atomic E-state index is 11.8. The average Bonchev–Trinajstić information content (AvgIpc) is 3.01. The fourth-order valence-corrected chi connectivity index (χ4v) is 3.93. The Morgan fingerprint density at radius 1 is 0.852 bits per heavy atom. The van der Waals surface area contributed by atoms with Gasteiger partial charge in [-0.3, -0.25) is 4.40 Å². The Morgan fingerprint density at radius 3 is 2.15 bits per heavy atom. The summed E-state index contributed by atoms with van der Waals surface area (Å²) < 4.78 is 25.6. The molecular formula is C21H19N3O2S. The van der Waals surface area contributed by atoms with E-state index in [0.717, 1.165) is 33.9 Å². The standard InChI is InChI=1S/C21H19N3O2S/c1-14-13-15(2)24-20(17-7-5-4-6-8-17)19(23-21(24)22-14)16-9-11-18(12-10-16)27(3,25)26/h4-13H,1-3H3. The van der Waals surface area contributed by atoms with Crippen LogP contribution in [0, 0.1) is 13.8 Å². The van der Waals surface area contributed by atoms with Crippen molar-refractivity contribution >= 4 is 15.6 Å². The molecule has 0 aliphatic rings. The zero-order valence-corrected chi connectivity index (χ0v) is 16.2. The number of benzene rings is 2. The molecule has 0 unspecified atom stereocenters. The summed E-state index contributed by atoms with van der Waals surface area (Å²) in [6.45, 7) is 3.98. The molecule has 6 heteroatoms. The zero-order valence-electron chi connectivity index (χ0n) is 15.3. The summed E-state index contributed by atoms with van der Waals surface area (Å²) >= 11 is 0. The third kappa shape index (κ3) is 3.13. The number of imidazole rings is 1. The molecule has 27 heavy (non-hydrogen) atoms. The predicted molar refractivity (Wildman–Crippen MR) is 106 cm³/mol. The van der Waals surface area contributed by atoms with Crippen LogP contribution in [0.1, 0.15) is 11.4 Å². The highest BCUT2D eigenvalue weighted by atomic mass is 32.2. The van der Waals surface area contributed by atoms with E-state index in [4.69, 9.17) is 4.98 Å². The molecule has 136 valence electrons. The van der Waals surface area contributed by atoms with Gasteiger partial charge >= 0.3 is 0 Å². The van der Waals surface area contributed by atoms with Crippen LogP contribution in [0.4, 0.5) is 0 Å². The predicted octanol–water partition coefficient (Wildman–Crippen LogP) is 4.08. The van der Waals surface area contributed by atoms with E-state index >= 15 is 0 Å². The van der Waals surface area contributed by atoms with Gasteiger partial charge in [-0.2, -0.15) is 0 Å². The molecule has 2 aromatic heterocycles. The molecule has 0 spiro atoms. The number of aromatic nitrogens is 3. The lowest BCUT2D eigenvalue weighted by molar-refractivity contribution is 0.602. The SMILES string of the molecule is Cc1cc(C)n2c(-c3ccccc3)c(-c3ccc(S(C)(=O)=O)cc3)nc2n1. The number of rotatable bonds is 3. The zero-order chi connectivity index (χ0) is 19.2. The lowest BCUT2D eigenvalue weighted by Crippen LogP contribution is -1.98. The van der Waals surface area contributed by atoms with E-state index < -0.39 is 9.84 Å². The molecule has 0 saturated heterocycles. The van der Waals surface area contributed by atoms with Crippen LogP contribution >= 0.6 is 0 Å². The summed E-state index contributed by atoms with van der Waals surface area (Å²) in [6, 6.07) is 18.9. The molecule has 2 heterocycles. The number of aryl methyl sites for hydroxylation is 2. The third-order valence-electron chi connectivity index (χ3n) is 4.51. The first-order valence-corrected chi connectivity index (χ1v) is 10.5. The van der Waals surface area contributed by atoms with Crippen molar-refractivity contribution < 1.29 is 8.42 Å². The van der Waals surface area contributed by atoms with Gasteiger partial charge in [0.25, 0.3) is 0 Å². The maximum absolute atomic E-state index is 11.8. The minimum absolute atomic E-state index is 0.293. The summed E-state index contributed by atoms with van der Waals surface area (Å²) in [4.78, 5) is 9.65. The fraction of sp³-hybridized carbons (Fsp3) is 0.143. The smallest absolute Gasteiger partial charge is 0.235 e. The van der Waals surface area contributed by atoms with E-state index in [1.165, 1.54) is 6.26 Å². The second kappa shape index (κ2) is 6.32. The van der Waals surface area contributed by atoms with Gasteiger partial charge in [-0.1, -0.05) is 42.5 Å². The molecule has 5 nitrogen and oxygen atoms in total. The van der Waals surface area contributed by atoms with Crippen LogP contribution in [-0.4, -0.2) is 29.0 Å². The molecule has 4 rings (SSSR count). The van der Waals surface area contributed by atoms with Crippen LogP contribution in [0.15, 0.2) is 65.6 Å². The van der Waals surface area contributed by atoms with Gasteiger partial charge in [0.2, 0.25) is 5.78 Å². The van der Waals surface area contributed by atoms with Gasteiger partial charge in [-0.15, -0.1) is 0 Å². The normalized spacial score (nSPS) is 11.8. The molecule has 2 aromatic carbocycles. The summed E-state index contributed by atoms with van der Waals surface area (Å²) in [5.74, 6) is 0.633. The summed E-state index contributed by atoms with van der Waals surface area (Å²) in [5, 5.41) is 0. The van der Waals surface area contributed by atoms with E-state index in [0.29, 0.717) is 10.7 Å². The highest BCUT2D eigenvalue weighted by Gasteiger charge is 2.19. The minimum Gasteiger partial charge on any atom is -0.280 e. The monoisotopic (exact) mass is 377 g/mol. The summed E-state index contributed by atoms with van der Waals surface area (Å²) in [7, 11) is -3.24. The number of hydrogen-bond donors (Lipinski definition) is 0. The van der Waals surface area contributed by atoms with Gasteiger partial charge in [-0.25, -0.2) is 18.4 Å². The fourth-order valence-electron chi connectivity index (χ4n) is 3.30. The van der Waals surface area contributed by atoms with E-state index in [2.05, 4.69) is 4.98 Å². The largest absolute Gasteiger partial charge is 0.280 e. The number of hydrogen-bond acceptors (Lipinski definition) is 4. The maximum Gasteiger partial charge on any atom is 0.235 e. The van der Waals surface area contributed by atoms with E-state index in [1.54, 1.807) is 24.3 Å².